The molecular weight excluding hydrogens is 427 g/mol. The molecule has 0 bridgehead atoms. The molecule has 0 spiro atoms. The van der Waals surface area contributed by atoms with Crippen molar-refractivity contribution < 1.29 is 28.3 Å². The molecular formula is C25H19FN2O5. The number of imide groups is 1. The van der Waals surface area contributed by atoms with E-state index in [2.05, 4.69) is 0 Å². The number of nitrogens with zero attached hydrogens (tertiary/aromatic N) is 2. The highest BCUT2D eigenvalue weighted by atomic mass is 19.1. The van der Waals surface area contributed by atoms with E-state index < -0.39 is 41.7 Å². The van der Waals surface area contributed by atoms with Gasteiger partial charge in [-0.25, -0.2) is 19.1 Å². The fourth-order valence-corrected chi connectivity index (χ4v) is 4.33. The van der Waals surface area contributed by atoms with Gasteiger partial charge >= 0.3 is 5.97 Å². The monoisotopic (exact) mass is 446 g/mol. The summed E-state index contributed by atoms with van der Waals surface area (Å²) in [5.41, 5.74) is 1.96. The molecule has 0 saturated carbocycles. The van der Waals surface area contributed by atoms with Gasteiger partial charge in [0.05, 0.1) is 30.1 Å². The van der Waals surface area contributed by atoms with Gasteiger partial charge in [-0.3, -0.25) is 14.4 Å². The molecule has 33 heavy (non-hydrogen) atoms. The van der Waals surface area contributed by atoms with Crippen molar-refractivity contribution in [3.63, 3.8) is 0 Å². The summed E-state index contributed by atoms with van der Waals surface area (Å²) >= 11 is 0. The number of carbonyl (C=O) groups excluding carboxylic acids is 3. The van der Waals surface area contributed by atoms with Crippen LogP contribution in [0, 0.1) is 11.7 Å². The van der Waals surface area contributed by atoms with Crippen molar-refractivity contribution in [2.24, 2.45) is 5.92 Å². The number of hydroxylamine groups is 1. The number of amides is 2. The Balaban J connectivity index is 1.53. The Morgan fingerprint density at radius 2 is 1.55 bits per heavy atom. The van der Waals surface area contributed by atoms with Gasteiger partial charge in [0.2, 0.25) is 5.91 Å². The predicted molar refractivity (Wildman–Crippen MR) is 117 cm³/mol. The molecule has 2 aliphatic rings. The van der Waals surface area contributed by atoms with Crippen molar-refractivity contribution in [3.05, 3.63) is 95.8 Å². The minimum Gasteiger partial charge on any atom is -0.465 e. The van der Waals surface area contributed by atoms with Crippen LogP contribution in [-0.2, 0) is 19.2 Å². The molecule has 0 unspecified atom stereocenters. The van der Waals surface area contributed by atoms with Crippen LogP contribution in [0.4, 0.5) is 15.8 Å². The van der Waals surface area contributed by atoms with Crippen molar-refractivity contribution in [2.45, 2.75) is 12.1 Å². The average molecular weight is 446 g/mol. The molecule has 8 heteroatoms. The van der Waals surface area contributed by atoms with E-state index in [1.165, 1.54) is 43.5 Å². The standard InChI is InChI=1S/C25H19FN2O5/c1-32-25(31)16-9-13-18(14-10-16)27-23(29)20-21(15-7-11-17(26)12-8-15)28(33-22(20)24(27)30)19-5-3-2-4-6-19/h2-14,20-22H,1H3/t20-,21+,22-/m0/s1. The number of anilines is 2. The molecule has 5 rings (SSSR count). The van der Waals surface area contributed by atoms with Crippen LogP contribution in [0.5, 0.6) is 0 Å². The Kier molecular flexibility index (Phi) is 5.14. The maximum atomic E-state index is 13.6. The van der Waals surface area contributed by atoms with Crippen LogP contribution in [0.15, 0.2) is 78.9 Å². The predicted octanol–water partition coefficient (Wildman–Crippen LogP) is 3.66. The summed E-state index contributed by atoms with van der Waals surface area (Å²) < 4.78 is 18.3. The lowest BCUT2D eigenvalue weighted by Gasteiger charge is -2.28. The number of halogens is 1. The maximum Gasteiger partial charge on any atom is 0.337 e. The number of esters is 1. The Morgan fingerprint density at radius 1 is 0.879 bits per heavy atom. The molecule has 2 heterocycles. The molecule has 3 aromatic carbocycles. The van der Waals surface area contributed by atoms with E-state index in [1.54, 1.807) is 17.2 Å². The van der Waals surface area contributed by atoms with Gasteiger partial charge in [-0.1, -0.05) is 30.3 Å². The summed E-state index contributed by atoms with van der Waals surface area (Å²) in [6, 6.07) is 20.3. The normalized spacial score (nSPS) is 21.9. The third-order valence-electron chi connectivity index (χ3n) is 5.88. The third kappa shape index (κ3) is 3.44. The number of methoxy groups -OCH3 is 1. The molecule has 3 aromatic rings. The van der Waals surface area contributed by atoms with Gasteiger partial charge in [0.15, 0.2) is 6.10 Å². The summed E-state index contributed by atoms with van der Waals surface area (Å²) in [5.74, 6) is -2.68. The zero-order chi connectivity index (χ0) is 23.1. The van der Waals surface area contributed by atoms with Crippen LogP contribution in [0.25, 0.3) is 0 Å². The second-order valence-corrected chi connectivity index (χ2v) is 7.76. The fourth-order valence-electron chi connectivity index (χ4n) is 4.33. The summed E-state index contributed by atoms with van der Waals surface area (Å²) in [6.45, 7) is 0. The zero-order valence-electron chi connectivity index (χ0n) is 17.6. The molecule has 0 aromatic heterocycles. The number of carbonyl (C=O) groups is 3. The minimum absolute atomic E-state index is 0.302. The van der Waals surface area contributed by atoms with E-state index in [-0.39, 0.29) is 0 Å². The molecule has 0 aliphatic carbocycles. The summed E-state index contributed by atoms with van der Waals surface area (Å²) in [5, 5.41) is 1.55. The van der Waals surface area contributed by atoms with Gasteiger partial charge in [-0.15, -0.1) is 0 Å². The lowest BCUT2D eigenvalue weighted by molar-refractivity contribution is -0.126. The molecule has 166 valence electrons. The molecule has 0 N–H and O–H groups in total. The number of fused-ring (bicyclic) bond motifs is 1. The van der Waals surface area contributed by atoms with Crippen LogP contribution in [0.3, 0.4) is 0 Å². The highest BCUT2D eigenvalue weighted by Crippen LogP contribution is 2.47. The zero-order valence-corrected chi connectivity index (χ0v) is 17.6. The fraction of sp³-hybridized carbons (Fsp3) is 0.160. The molecule has 2 aliphatic heterocycles. The number of hydrogen-bond donors (Lipinski definition) is 0. The highest BCUT2D eigenvalue weighted by molar-refractivity contribution is 6.24. The molecule has 2 amide bonds. The second kappa shape index (κ2) is 8.14. The van der Waals surface area contributed by atoms with Crippen LogP contribution < -0.4 is 9.96 Å². The van der Waals surface area contributed by atoms with E-state index in [0.29, 0.717) is 22.5 Å². The summed E-state index contributed by atoms with van der Waals surface area (Å²) in [6.07, 6.45) is -1.03. The van der Waals surface area contributed by atoms with Crippen molar-refractivity contribution in [1.82, 2.24) is 0 Å². The van der Waals surface area contributed by atoms with Crippen molar-refractivity contribution in [1.29, 1.82) is 0 Å². The van der Waals surface area contributed by atoms with Crippen molar-refractivity contribution >= 4 is 29.2 Å². The van der Waals surface area contributed by atoms with E-state index >= 15 is 0 Å². The Hall–Kier alpha value is -4.04. The largest absolute Gasteiger partial charge is 0.465 e. The molecule has 2 saturated heterocycles. The minimum atomic E-state index is -1.03. The van der Waals surface area contributed by atoms with E-state index in [0.717, 1.165) is 4.90 Å². The van der Waals surface area contributed by atoms with E-state index in [1.807, 2.05) is 30.3 Å². The lowest BCUT2D eigenvalue weighted by atomic mass is 9.90. The number of para-hydroxylation sites is 1. The Bertz CT molecular complexity index is 1210. The highest BCUT2D eigenvalue weighted by Gasteiger charge is 2.60. The van der Waals surface area contributed by atoms with E-state index in [4.69, 9.17) is 9.57 Å². The smallest absolute Gasteiger partial charge is 0.337 e. The van der Waals surface area contributed by atoms with Gasteiger partial charge in [0, 0.05) is 0 Å². The lowest BCUT2D eigenvalue weighted by Crippen LogP contribution is -2.37. The molecule has 2 fully saturated rings. The number of rotatable bonds is 4. The second-order valence-electron chi connectivity index (χ2n) is 7.76. The van der Waals surface area contributed by atoms with Gasteiger partial charge in [0.25, 0.3) is 5.91 Å². The SMILES string of the molecule is COC(=O)c1ccc(N2C(=O)[C@@H]3[C@H](ON(c4ccccc4)[C@@H]3c3ccc(F)cc3)C2=O)cc1. The van der Waals surface area contributed by atoms with Crippen molar-refractivity contribution in [2.75, 3.05) is 17.1 Å². The van der Waals surface area contributed by atoms with Crippen LogP contribution in [0.2, 0.25) is 0 Å². The summed E-state index contributed by atoms with van der Waals surface area (Å²) in [7, 11) is 1.27. The topological polar surface area (TPSA) is 76.2 Å². The number of benzene rings is 3. The molecule has 3 atom stereocenters. The van der Waals surface area contributed by atoms with Gasteiger partial charge < -0.3 is 4.74 Å². The van der Waals surface area contributed by atoms with Gasteiger partial charge in [0.1, 0.15) is 11.7 Å². The molecule has 7 nitrogen and oxygen atoms in total. The van der Waals surface area contributed by atoms with Crippen LogP contribution >= 0.6 is 0 Å². The summed E-state index contributed by atoms with van der Waals surface area (Å²) in [4.78, 5) is 45.6. The van der Waals surface area contributed by atoms with Crippen molar-refractivity contribution in [3.8, 4) is 0 Å². The first kappa shape index (κ1) is 20.8. The number of hydrogen-bond acceptors (Lipinski definition) is 6. The van der Waals surface area contributed by atoms with Crippen LogP contribution in [-0.4, -0.2) is 31.0 Å². The Morgan fingerprint density at radius 3 is 2.18 bits per heavy atom. The third-order valence-corrected chi connectivity index (χ3v) is 5.88. The average Bonchev–Trinajstić information content (AvgIpc) is 3.36. The van der Waals surface area contributed by atoms with Gasteiger partial charge in [-0.2, -0.15) is 0 Å². The molecule has 0 radical (unpaired) electrons. The van der Waals surface area contributed by atoms with Gasteiger partial charge in [-0.05, 0) is 54.1 Å². The number of ether oxygens (including phenoxy) is 1. The first-order chi connectivity index (χ1) is 16.0. The van der Waals surface area contributed by atoms with E-state index in [9.17, 15) is 18.8 Å². The first-order valence-corrected chi connectivity index (χ1v) is 10.3. The Labute approximate surface area is 188 Å². The van der Waals surface area contributed by atoms with Crippen LogP contribution in [0.1, 0.15) is 22.0 Å². The quantitative estimate of drug-likeness (QED) is 0.450. The first-order valence-electron chi connectivity index (χ1n) is 10.3. The maximum absolute atomic E-state index is 13.6.